The summed E-state index contributed by atoms with van der Waals surface area (Å²) < 4.78 is 12.3. The van der Waals surface area contributed by atoms with Crippen molar-refractivity contribution < 1.29 is 19.4 Å². The molecular formula is C18H17N3O4. The van der Waals surface area contributed by atoms with E-state index in [2.05, 4.69) is 10.3 Å². The quantitative estimate of drug-likeness (QED) is 0.695. The smallest absolute Gasteiger partial charge is 0.364 e. The molecule has 0 aliphatic rings. The topological polar surface area (TPSA) is 86.5 Å². The van der Waals surface area contributed by atoms with Crippen LogP contribution in [0.1, 0.15) is 23.0 Å². The molecule has 0 spiro atoms. The Morgan fingerprint density at radius 3 is 2.52 bits per heavy atom. The molecular weight excluding hydrogens is 322 g/mol. The first-order valence-electron chi connectivity index (χ1n) is 7.78. The molecule has 0 aliphatic heterocycles. The van der Waals surface area contributed by atoms with Gasteiger partial charge in [-0.3, -0.25) is 0 Å². The summed E-state index contributed by atoms with van der Waals surface area (Å²) in [6.45, 7) is 2.33. The molecule has 0 aliphatic carbocycles. The van der Waals surface area contributed by atoms with Crippen LogP contribution in [0.2, 0.25) is 0 Å². The Kier molecular flexibility index (Phi) is 4.94. The van der Waals surface area contributed by atoms with Gasteiger partial charge < -0.3 is 14.6 Å². The minimum Gasteiger partial charge on any atom is -0.508 e. The maximum atomic E-state index is 12.1. The molecule has 0 radical (unpaired) electrons. The van der Waals surface area contributed by atoms with Gasteiger partial charge in [0, 0.05) is 0 Å². The molecule has 0 saturated carbocycles. The van der Waals surface area contributed by atoms with Gasteiger partial charge >= 0.3 is 5.97 Å². The molecule has 3 rings (SSSR count). The second-order valence-electron chi connectivity index (χ2n) is 5.20. The summed E-state index contributed by atoms with van der Waals surface area (Å²) in [7, 11) is 0. The minimum absolute atomic E-state index is 0.00542. The van der Waals surface area contributed by atoms with Crippen molar-refractivity contribution in [2.24, 2.45) is 0 Å². The molecule has 25 heavy (non-hydrogen) atoms. The molecule has 128 valence electrons. The lowest BCUT2D eigenvalue weighted by molar-refractivity contribution is 0.0516. The van der Waals surface area contributed by atoms with E-state index in [1.807, 2.05) is 30.3 Å². The molecule has 0 bridgehead atoms. The van der Waals surface area contributed by atoms with Crippen LogP contribution in [-0.4, -0.2) is 32.7 Å². The number of phenolic OH excluding ortho intramolecular Hbond substituents is 1. The third kappa shape index (κ3) is 3.95. The number of hydrogen-bond donors (Lipinski definition) is 1. The van der Waals surface area contributed by atoms with Crippen molar-refractivity contribution in [3.63, 3.8) is 0 Å². The number of carbonyl (C=O) groups excluding carboxylic acids is 1. The van der Waals surface area contributed by atoms with Crippen LogP contribution in [0.3, 0.4) is 0 Å². The highest BCUT2D eigenvalue weighted by Gasteiger charge is 2.23. The predicted octanol–water partition coefficient (Wildman–Crippen LogP) is 3.00. The summed E-state index contributed by atoms with van der Waals surface area (Å²) in [6.07, 6.45) is 0. The van der Waals surface area contributed by atoms with Gasteiger partial charge in [0.25, 0.3) is 5.88 Å². The highest BCUT2D eigenvalue weighted by atomic mass is 16.5. The molecule has 0 saturated heterocycles. The van der Waals surface area contributed by atoms with Gasteiger partial charge in [0.05, 0.1) is 13.2 Å². The second kappa shape index (κ2) is 7.48. The van der Waals surface area contributed by atoms with Crippen molar-refractivity contribution >= 4 is 5.97 Å². The molecule has 1 N–H and O–H groups in total. The molecule has 7 nitrogen and oxygen atoms in total. The predicted molar refractivity (Wildman–Crippen MR) is 89.7 cm³/mol. The van der Waals surface area contributed by atoms with E-state index in [-0.39, 0.29) is 23.9 Å². The van der Waals surface area contributed by atoms with Gasteiger partial charge in [0.1, 0.15) is 11.5 Å². The molecule has 0 amide bonds. The van der Waals surface area contributed by atoms with Crippen LogP contribution in [0.15, 0.2) is 54.6 Å². The molecule has 3 aromatic rings. The summed E-state index contributed by atoms with van der Waals surface area (Å²) in [4.78, 5) is 12.1. The largest absolute Gasteiger partial charge is 0.508 e. The standard InChI is InChI=1S/C18H17N3O4/c1-2-24-18(23)16-17(25-15-10-8-14(22)9-11-15)21(20-19-16)12-13-6-4-3-5-7-13/h3-11,22H,2,12H2,1H3. The molecule has 0 unspecified atom stereocenters. The highest BCUT2D eigenvalue weighted by molar-refractivity contribution is 5.89. The lowest BCUT2D eigenvalue weighted by Crippen LogP contribution is -2.09. The van der Waals surface area contributed by atoms with Crippen LogP contribution < -0.4 is 4.74 Å². The normalized spacial score (nSPS) is 10.4. The number of hydrogen-bond acceptors (Lipinski definition) is 6. The summed E-state index contributed by atoms with van der Waals surface area (Å²) in [5.74, 6) is 0.150. The number of aromatic hydroxyl groups is 1. The molecule has 1 heterocycles. The number of ether oxygens (including phenoxy) is 2. The number of esters is 1. The van der Waals surface area contributed by atoms with Crippen LogP contribution >= 0.6 is 0 Å². The lowest BCUT2D eigenvalue weighted by Gasteiger charge is -2.09. The Bertz CT molecular complexity index is 845. The third-order valence-corrected chi connectivity index (χ3v) is 3.38. The Labute approximate surface area is 144 Å². The fraction of sp³-hybridized carbons (Fsp3) is 0.167. The first-order chi connectivity index (χ1) is 12.2. The Balaban J connectivity index is 1.94. The molecule has 2 aromatic carbocycles. The van der Waals surface area contributed by atoms with Crippen molar-refractivity contribution in [1.29, 1.82) is 0 Å². The average Bonchev–Trinajstić information content (AvgIpc) is 3.00. The first kappa shape index (κ1) is 16.5. The zero-order valence-electron chi connectivity index (χ0n) is 13.6. The number of phenols is 1. The maximum absolute atomic E-state index is 12.1. The van der Waals surface area contributed by atoms with E-state index in [9.17, 15) is 9.90 Å². The van der Waals surface area contributed by atoms with Crippen LogP contribution in [0.4, 0.5) is 0 Å². The minimum atomic E-state index is -0.601. The van der Waals surface area contributed by atoms with E-state index in [0.717, 1.165) is 5.56 Å². The van der Waals surface area contributed by atoms with E-state index >= 15 is 0 Å². The van der Waals surface area contributed by atoms with Gasteiger partial charge in [-0.2, -0.15) is 0 Å². The van der Waals surface area contributed by atoms with Crippen molar-refractivity contribution in [1.82, 2.24) is 15.0 Å². The van der Waals surface area contributed by atoms with E-state index in [0.29, 0.717) is 12.3 Å². The zero-order valence-corrected chi connectivity index (χ0v) is 13.6. The monoisotopic (exact) mass is 339 g/mol. The first-order valence-corrected chi connectivity index (χ1v) is 7.78. The Morgan fingerprint density at radius 2 is 1.84 bits per heavy atom. The van der Waals surface area contributed by atoms with Crippen molar-refractivity contribution in [3.05, 3.63) is 65.9 Å². The summed E-state index contributed by atoms with van der Waals surface area (Å²) in [5.41, 5.74) is 0.990. The van der Waals surface area contributed by atoms with Gasteiger partial charge in [-0.1, -0.05) is 35.5 Å². The van der Waals surface area contributed by atoms with Crippen LogP contribution in [0.25, 0.3) is 0 Å². The van der Waals surface area contributed by atoms with Gasteiger partial charge in [-0.25, -0.2) is 9.48 Å². The van der Waals surface area contributed by atoms with Gasteiger partial charge in [0.15, 0.2) is 0 Å². The zero-order chi connectivity index (χ0) is 17.6. The molecule has 1 aromatic heterocycles. The van der Waals surface area contributed by atoms with Crippen molar-refractivity contribution in [2.75, 3.05) is 6.61 Å². The molecule has 7 heteroatoms. The fourth-order valence-corrected chi connectivity index (χ4v) is 2.22. The number of nitrogens with zero attached hydrogens (tertiary/aromatic N) is 3. The Hall–Kier alpha value is -3.35. The van der Waals surface area contributed by atoms with Crippen molar-refractivity contribution in [3.8, 4) is 17.4 Å². The van der Waals surface area contributed by atoms with E-state index in [4.69, 9.17) is 9.47 Å². The highest BCUT2D eigenvalue weighted by Crippen LogP contribution is 2.26. The van der Waals surface area contributed by atoms with E-state index in [1.165, 1.54) is 16.8 Å². The Morgan fingerprint density at radius 1 is 1.12 bits per heavy atom. The van der Waals surface area contributed by atoms with Gasteiger partial charge in [0.2, 0.25) is 5.69 Å². The van der Waals surface area contributed by atoms with Crippen LogP contribution in [0.5, 0.6) is 17.4 Å². The van der Waals surface area contributed by atoms with E-state index in [1.54, 1.807) is 19.1 Å². The number of benzene rings is 2. The van der Waals surface area contributed by atoms with Crippen LogP contribution in [0, 0.1) is 0 Å². The summed E-state index contributed by atoms with van der Waals surface area (Å²) >= 11 is 0. The number of carbonyl (C=O) groups is 1. The molecule has 0 atom stereocenters. The number of aromatic nitrogens is 3. The van der Waals surface area contributed by atoms with Crippen molar-refractivity contribution in [2.45, 2.75) is 13.5 Å². The van der Waals surface area contributed by atoms with E-state index < -0.39 is 5.97 Å². The average molecular weight is 339 g/mol. The summed E-state index contributed by atoms with van der Waals surface area (Å²) in [5, 5.41) is 17.3. The summed E-state index contributed by atoms with van der Waals surface area (Å²) in [6, 6.07) is 15.8. The van der Waals surface area contributed by atoms with Gasteiger partial charge in [-0.05, 0) is 36.8 Å². The number of rotatable bonds is 6. The molecule has 0 fully saturated rings. The maximum Gasteiger partial charge on any atom is 0.364 e. The second-order valence-corrected chi connectivity index (χ2v) is 5.20. The van der Waals surface area contributed by atoms with Crippen LogP contribution in [-0.2, 0) is 11.3 Å². The SMILES string of the molecule is CCOC(=O)c1nnn(Cc2ccccc2)c1Oc1ccc(O)cc1. The van der Waals surface area contributed by atoms with Gasteiger partial charge in [-0.15, -0.1) is 5.10 Å². The lowest BCUT2D eigenvalue weighted by atomic mass is 10.2. The third-order valence-electron chi connectivity index (χ3n) is 3.38. The fourth-order valence-electron chi connectivity index (χ4n) is 2.22.